The molecule has 0 aliphatic heterocycles. The molecule has 0 amide bonds. The molecule has 1 rings (SSSR count). The van der Waals surface area contributed by atoms with Gasteiger partial charge in [0.05, 0.1) is 13.0 Å². The molecule has 0 bridgehead atoms. The van der Waals surface area contributed by atoms with Gasteiger partial charge in [-0.05, 0) is 0 Å². The number of carbonyl (C=O) groups excluding carboxylic acids is 2. The molecular weight excluding hydrogens is 156 g/mol. The zero-order chi connectivity index (χ0) is 9.19. The first kappa shape index (κ1) is 9.13. The number of rotatable bonds is 2. The molecule has 66 valence electrons. The Labute approximate surface area is 71.1 Å². The molecule has 0 radical (unpaired) electrons. The molecule has 3 nitrogen and oxygen atoms in total. The molecule has 1 N–H and O–H groups in total. The summed E-state index contributed by atoms with van der Waals surface area (Å²) in [6.07, 6.45) is 2.04. The third kappa shape index (κ3) is 1.61. The summed E-state index contributed by atoms with van der Waals surface area (Å²) in [6.45, 7) is 3.36. The molecule has 3 heteroatoms. The van der Waals surface area contributed by atoms with Gasteiger partial charge in [0.15, 0.2) is 0 Å². The Bertz CT molecular complexity index is 214. The maximum atomic E-state index is 11.0. The molecule has 1 saturated carbocycles. The number of aliphatic hydroxyl groups is 1. The minimum Gasteiger partial charge on any atom is -0.395 e. The highest BCUT2D eigenvalue weighted by molar-refractivity contribution is 6.02. The van der Waals surface area contributed by atoms with Crippen molar-refractivity contribution in [1.29, 1.82) is 0 Å². The summed E-state index contributed by atoms with van der Waals surface area (Å²) in [5, 5.41) is 9.00. The van der Waals surface area contributed by atoms with Gasteiger partial charge in [-0.2, -0.15) is 0 Å². The SMILES string of the molecule is C=CC1(CO)CC(=O)CC(=O)C1. The number of Topliss-reactive ketones (excluding diaryl/α,β-unsaturated/α-hetero) is 2. The zero-order valence-corrected chi connectivity index (χ0v) is 6.88. The highest BCUT2D eigenvalue weighted by Gasteiger charge is 2.36. The summed E-state index contributed by atoms with van der Waals surface area (Å²) < 4.78 is 0. The van der Waals surface area contributed by atoms with E-state index in [1.807, 2.05) is 0 Å². The normalized spacial score (nSPS) is 22.4. The minimum absolute atomic E-state index is 0.0234. The van der Waals surface area contributed by atoms with E-state index < -0.39 is 5.41 Å². The van der Waals surface area contributed by atoms with E-state index in [0.717, 1.165) is 0 Å². The minimum atomic E-state index is -0.674. The Morgan fingerprint density at radius 1 is 1.42 bits per heavy atom. The van der Waals surface area contributed by atoms with Gasteiger partial charge in [0.1, 0.15) is 11.6 Å². The van der Waals surface area contributed by atoms with Gasteiger partial charge in [-0.15, -0.1) is 6.58 Å². The first-order valence-corrected chi connectivity index (χ1v) is 3.90. The van der Waals surface area contributed by atoms with E-state index in [4.69, 9.17) is 5.11 Å². The van der Waals surface area contributed by atoms with E-state index in [0.29, 0.717) is 0 Å². The van der Waals surface area contributed by atoms with Crippen LogP contribution < -0.4 is 0 Å². The standard InChI is InChI=1S/C9H12O3/c1-2-9(6-10)4-7(11)3-8(12)5-9/h2,10H,1,3-6H2. The lowest BCUT2D eigenvalue weighted by Gasteiger charge is -2.30. The monoisotopic (exact) mass is 168 g/mol. The van der Waals surface area contributed by atoms with E-state index in [1.54, 1.807) is 0 Å². The van der Waals surface area contributed by atoms with Crippen molar-refractivity contribution in [1.82, 2.24) is 0 Å². The van der Waals surface area contributed by atoms with E-state index >= 15 is 0 Å². The van der Waals surface area contributed by atoms with E-state index in [9.17, 15) is 9.59 Å². The number of carbonyl (C=O) groups is 2. The lowest BCUT2D eigenvalue weighted by Crippen LogP contribution is -2.35. The second-order valence-corrected chi connectivity index (χ2v) is 3.33. The number of hydrogen-bond donors (Lipinski definition) is 1. The highest BCUT2D eigenvalue weighted by atomic mass is 16.3. The average Bonchev–Trinajstić information content (AvgIpc) is 2.02. The molecule has 0 aromatic heterocycles. The molecular formula is C9H12O3. The van der Waals surface area contributed by atoms with Crippen molar-refractivity contribution in [2.45, 2.75) is 19.3 Å². The summed E-state index contributed by atoms with van der Waals surface area (Å²) in [7, 11) is 0. The molecule has 1 aliphatic carbocycles. The van der Waals surface area contributed by atoms with Crippen molar-refractivity contribution in [3.63, 3.8) is 0 Å². The maximum absolute atomic E-state index is 11.0. The van der Waals surface area contributed by atoms with Crippen molar-refractivity contribution in [3.8, 4) is 0 Å². The first-order chi connectivity index (χ1) is 5.62. The first-order valence-electron chi connectivity index (χ1n) is 3.90. The average molecular weight is 168 g/mol. The number of ketones is 2. The van der Waals surface area contributed by atoms with Gasteiger partial charge in [0, 0.05) is 18.3 Å². The quantitative estimate of drug-likeness (QED) is 0.481. The third-order valence-corrected chi connectivity index (χ3v) is 2.24. The lowest BCUT2D eigenvalue weighted by molar-refractivity contribution is -0.134. The maximum Gasteiger partial charge on any atom is 0.141 e. The largest absolute Gasteiger partial charge is 0.395 e. The van der Waals surface area contributed by atoms with Crippen LogP contribution in [0.4, 0.5) is 0 Å². The summed E-state index contributed by atoms with van der Waals surface area (Å²) >= 11 is 0. The van der Waals surface area contributed by atoms with Crippen LogP contribution in [0.3, 0.4) is 0 Å². The number of hydrogen-bond acceptors (Lipinski definition) is 3. The second kappa shape index (κ2) is 3.19. The van der Waals surface area contributed by atoms with Gasteiger partial charge in [0.2, 0.25) is 0 Å². The fourth-order valence-corrected chi connectivity index (χ4v) is 1.51. The van der Waals surface area contributed by atoms with Crippen LogP contribution in [0.25, 0.3) is 0 Å². The third-order valence-electron chi connectivity index (χ3n) is 2.24. The van der Waals surface area contributed by atoms with Crippen molar-refractivity contribution in [3.05, 3.63) is 12.7 Å². The smallest absolute Gasteiger partial charge is 0.141 e. The van der Waals surface area contributed by atoms with Crippen LogP contribution in [0.1, 0.15) is 19.3 Å². The zero-order valence-electron chi connectivity index (χ0n) is 6.88. The summed E-state index contributed by atoms with van der Waals surface area (Å²) in [5.74, 6) is -0.194. The lowest BCUT2D eigenvalue weighted by atomic mass is 9.74. The van der Waals surface area contributed by atoms with Crippen molar-refractivity contribution >= 4 is 11.6 Å². The van der Waals surface area contributed by atoms with Gasteiger partial charge in [0.25, 0.3) is 0 Å². The van der Waals surface area contributed by atoms with Crippen LogP contribution in [0, 0.1) is 5.41 Å². The molecule has 0 unspecified atom stereocenters. The predicted octanol–water partition coefficient (Wildman–Crippen LogP) is 0.473. The summed E-state index contributed by atoms with van der Waals surface area (Å²) in [6, 6.07) is 0. The molecule has 0 aromatic carbocycles. The fraction of sp³-hybridized carbons (Fsp3) is 0.556. The van der Waals surface area contributed by atoms with Crippen molar-refractivity contribution in [2.75, 3.05) is 6.61 Å². The van der Waals surface area contributed by atoms with Crippen LogP contribution in [0.15, 0.2) is 12.7 Å². The van der Waals surface area contributed by atoms with Crippen LogP contribution >= 0.6 is 0 Å². The predicted molar refractivity (Wildman–Crippen MR) is 43.6 cm³/mol. The molecule has 1 fully saturated rings. The van der Waals surface area contributed by atoms with Crippen LogP contribution in [0.5, 0.6) is 0 Å². The fourth-order valence-electron chi connectivity index (χ4n) is 1.51. The Morgan fingerprint density at radius 3 is 2.25 bits per heavy atom. The van der Waals surface area contributed by atoms with Crippen LogP contribution in [-0.2, 0) is 9.59 Å². The summed E-state index contributed by atoms with van der Waals surface area (Å²) in [4.78, 5) is 22.1. The van der Waals surface area contributed by atoms with E-state index in [1.165, 1.54) is 6.08 Å². The van der Waals surface area contributed by atoms with E-state index in [-0.39, 0.29) is 37.4 Å². The van der Waals surface area contributed by atoms with Gasteiger partial charge < -0.3 is 5.11 Å². The molecule has 0 aromatic rings. The molecule has 12 heavy (non-hydrogen) atoms. The van der Waals surface area contributed by atoms with Crippen molar-refractivity contribution < 1.29 is 14.7 Å². The Hall–Kier alpha value is -0.960. The number of aliphatic hydroxyl groups excluding tert-OH is 1. The van der Waals surface area contributed by atoms with Gasteiger partial charge in [-0.1, -0.05) is 6.08 Å². The second-order valence-electron chi connectivity index (χ2n) is 3.33. The molecule has 0 heterocycles. The van der Waals surface area contributed by atoms with E-state index in [2.05, 4.69) is 6.58 Å². The molecule has 1 aliphatic rings. The summed E-state index contributed by atoms with van der Waals surface area (Å²) in [5.41, 5.74) is -0.674. The topological polar surface area (TPSA) is 54.4 Å². The Balaban J connectivity index is 2.82. The Kier molecular flexibility index (Phi) is 2.43. The molecule has 0 saturated heterocycles. The van der Waals surface area contributed by atoms with Crippen LogP contribution in [-0.4, -0.2) is 23.3 Å². The molecule has 0 atom stereocenters. The molecule has 0 spiro atoms. The Morgan fingerprint density at radius 2 is 1.92 bits per heavy atom. The highest BCUT2D eigenvalue weighted by Crippen LogP contribution is 2.33. The van der Waals surface area contributed by atoms with Crippen molar-refractivity contribution in [2.24, 2.45) is 5.41 Å². The van der Waals surface area contributed by atoms with Gasteiger partial charge >= 0.3 is 0 Å². The van der Waals surface area contributed by atoms with Crippen LogP contribution in [0.2, 0.25) is 0 Å². The van der Waals surface area contributed by atoms with Gasteiger partial charge in [-0.25, -0.2) is 0 Å². The van der Waals surface area contributed by atoms with Gasteiger partial charge in [-0.3, -0.25) is 9.59 Å².